The van der Waals surface area contributed by atoms with Gasteiger partial charge in [0.25, 0.3) is 0 Å². The van der Waals surface area contributed by atoms with Crippen LogP contribution >= 0.6 is 11.6 Å². The molecule has 0 spiro atoms. The molecule has 0 amide bonds. The summed E-state index contributed by atoms with van der Waals surface area (Å²) in [5.41, 5.74) is 2.06. The second kappa shape index (κ2) is 5.94. The van der Waals surface area contributed by atoms with Crippen molar-refractivity contribution in [3.05, 3.63) is 35.0 Å². The summed E-state index contributed by atoms with van der Waals surface area (Å²) < 4.78 is 14.0. The van der Waals surface area contributed by atoms with Gasteiger partial charge in [0.2, 0.25) is 0 Å². The van der Waals surface area contributed by atoms with E-state index in [-0.39, 0.29) is 5.78 Å². The standard InChI is InChI=1S/C19H22BClN2O3/c1-18(2)19(3,4)26-20(25-18)13-8-5-7-12(17(13)21)14-11-15-16(24)9-6-10-23(15)22-14/h5,7-8,11H,6,9-10H2,1-4H3. The Kier molecular flexibility index (Phi) is 4.06. The number of carbonyl (C=O) groups is 1. The van der Waals surface area contributed by atoms with Crippen LogP contribution in [0.5, 0.6) is 0 Å². The number of carbonyl (C=O) groups excluding carboxylic acids is 1. The molecule has 0 radical (unpaired) electrons. The Morgan fingerprint density at radius 1 is 1.19 bits per heavy atom. The quantitative estimate of drug-likeness (QED) is 0.757. The predicted molar refractivity (Wildman–Crippen MR) is 102 cm³/mol. The number of fused-ring (bicyclic) bond motifs is 1. The minimum absolute atomic E-state index is 0.133. The molecule has 1 aromatic heterocycles. The van der Waals surface area contributed by atoms with Crippen LogP contribution in [0.15, 0.2) is 24.3 Å². The van der Waals surface area contributed by atoms with E-state index in [2.05, 4.69) is 5.10 Å². The van der Waals surface area contributed by atoms with Crippen LogP contribution in [0, 0.1) is 0 Å². The van der Waals surface area contributed by atoms with E-state index in [1.807, 2.05) is 52.0 Å². The highest BCUT2D eigenvalue weighted by Gasteiger charge is 2.52. The second-order valence-electron chi connectivity index (χ2n) is 7.96. The highest BCUT2D eigenvalue weighted by molar-refractivity contribution is 6.66. The average molecular weight is 373 g/mol. The van der Waals surface area contributed by atoms with Crippen LogP contribution < -0.4 is 5.46 Å². The van der Waals surface area contributed by atoms with E-state index in [4.69, 9.17) is 20.9 Å². The zero-order chi connectivity index (χ0) is 18.7. The number of nitrogens with zero attached hydrogens (tertiary/aromatic N) is 2. The molecule has 0 unspecified atom stereocenters. The molecule has 3 heterocycles. The third-order valence-electron chi connectivity index (χ3n) is 5.65. The molecule has 26 heavy (non-hydrogen) atoms. The van der Waals surface area contributed by atoms with Crippen molar-refractivity contribution in [3.63, 3.8) is 0 Å². The van der Waals surface area contributed by atoms with Crippen molar-refractivity contribution in [1.29, 1.82) is 0 Å². The van der Waals surface area contributed by atoms with Crippen molar-refractivity contribution in [2.45, 2.75) is 58.3 Å². The first kappa shape index (κ1) is 17.8. The number of hydrogen-bond donors (Lipinski definition) is 0. The first-order valence-corrected chi connectivity index (χ1v) is 9.33. The highest BCUT2D eigenvalue weighted by Crippen LogP contribution is 2.38. The molecule has 5 nitrogen and oxygen atoms in total. The fourth-order valence-corrected chi connectivity index (χ4v) is 3.67. The zero-order valence-corrected chi connectivity index (χ0v) is 16.3. The van der Waals surface area contributed by atoms with Crippen molar-refractivity contribution in [3.8, 4) is 11.3 Å². The van der Waals surface area contributed by atoms with Crippen molar-refractivity contribution in [2.75, 3.05) is 0 Å². The molecule has 1 saturated heterocycles. The largest absolute Gasteiger partial charge is 0.496 e. The lowest BCUT2D eigenvalue weighted by Crippen LogP contribution is -2.41. The molecule has 4 rings (SSSR count). The average Bonchev–Trinajstić information content (AvgIpc) is 3.07. The summed E-state index contributed by atoms with van der Waals surface area (Å²) in [5, 5.41) is 5.14. The first-order valence-electron chi connectivity index (χ1n) is 8.95. The number of aryl methyl sites for hydroxylation is 1. The van der Waals surface area contributed by atoms with E-state index >= 15 is 0 Å². The maximum Gasteiger partial charge on any atom is 0.496 e. The number of ketones is 1. The third kappa shape index (κ3) is 2.71. The minimum Gasteiger partial charge on any atom is -0.399 e. The molecular weight excluding hydrogens is 350 g/mol. The maximum absolute atomic E-state index is 12.1. The molecule has 0 saturated carbocycles. The lowest BCUT2D eigenvalue weighted by molar-refractivity contribution is 0.00578. The van der Waals surface area contributed by atoms with Crippen LogP contribution in [-0.4, -0.2) is 33.9 Å². The summed E-state index contributed by atoms with van der Waals surface area (Å²) in [7, 11) is -0.536. The zero-order valence-electron chi connectivity index (χ0n) is 15.5. The Balaban J connectivity index is 1.73. The van der Waals surface area contributed by atoms with Crippen LogP contribution in [0.4, 0.5) is 0 Å². The van der Waals surface area contributed by atoms with Crippen LogP contribution in [0.25, 0.3) is 11.3 Å². The number of benzene rings is 1. The van der Waals surface area contributed by atoms with Gasteiger partial charge in [-0.2, -0.15) is 5.10 Å². The van der Waals surface area contributed by atoms with Gasteiger partial charge < -0.3 is 9.31 Å². The van der Waals surface area contributed by atoms with Crippen molar-refractivity contribution >= 4 is 30.0 Å². The van der Waals surface area contributed by atoms with Crippen molar-refractivity contribution < 1.29 is 14.1 Å². The molecule has 0 aliphatic carbocycles. The summed E-state index contributed by atoms with van der Waals surface area (Å²) >= 11 is 6.72. The van der Waals surface area contributed by atoms with E-state index in [9.17, 15) is 4.79 Å². The summed E-state index contributed by atoms with van der Waals surface area (Å²) in [6, 6.07) is 7.57. The van der Waals surface area contributed by atoms with Crippen LogP contribution in [-0.2, 0) is 15.9 Å². The van der Waals surface area contributed by atoms with Gasteiger partial charge in [0.05, 0.1) is 16.9 Å². The van der Waals surface area contributed by atoms with Crippen LogP contribution in [0.2, 0.25) is 5.02 Å². The van der Waals surface area contributed by atoms with Crippen LogP contribution in [0.3, 0.4) is 0 Å². The van der Waals surface area contributed by atoms with E-state index in [1.54, 1.807) is 4.68 Å². The van der Waals surface area contributed by atoms with Crippen molar-refractivity contribution in [2.24, 2.45) is 0 Å². The molecule has 2 aromatic rings. The fraction of sp³-hybridized carbons (Fsp3) is 0.474. The molecule has 0 atom stereocenters. The number of Topliss-reactive ketones (excluding diaryl/α,β-unsaturated/α-hetero) is 1. The van der Waals surface area contributed by atoms with Gasteiger partial charge in [-0.1, -0.05) is 29.8 Å². The number of aromatic nitrogens is 2. The van der Waals surface area contributed by atoms with E-state index in [0.717, 1.165) is 24.0 Å². The van der Waals surface area contributed by atoms with Gasteiger partial charge in [0.15, 0.2) is 5.78 Å². The normalized spacial score (nSPS) is 21.1. The van der Waals surface area contributed by atoms with Gasteiger partial charge in [-0.05, 0) is 40.2 Å². The Morgan fingerprint density at radius 3 is 2.54 bits per heavy atom. The van der Waals surface area contributed by atoms with Gasteiger partial charge in [0, 0.05) is 29.0 Å². The van der Waals surface area contributed by atoms with Gasteiger partial charge in [-0.3, -0.25) is 9.48 Å². The van der Waals surface area contributed by atoms with E-state index < -0.39 is 18.3 Å². The molecular formula is C19H22BClN2O3. The fourth-order valence-electron chi connectivity index (χ4n) is 3.36. The maximum atomic E-state index is 12.1. The Hall–Kier alpha value is -1.63. The first-order chi connectivity index (χ1) is 12.2. The Labute approximate surface area is 158 Å². The van der Waals surface area contributed by atoms with Crippen LogP contribution in [0.1, 0.15) is 51.0 Å². The predicted octanol–water partition coefficient (Wildman–Crippen LogP) is 3.48. The summed E-state index contributed by atoms with van der Waals surface area (Å²) in [6.07, 6.45) is 1.40. The summed E-state index contributed by atoms with van der Waals surface area (Å²) in [5.74, 6) is 0.133. The minimum atomic E-state index is -0.536. The lowest BCUT2D eigenvalue weighted by atomic mass is 9.78. The molecule has 1 fully saturated rings. The van der Waals surface area contributed by atoms with Crippen molar-refractivity contribution in [1.82, 2.24) is 9.78 Å². The van der Waals surface area contributed by atoms with Gasteiger partial charge >= 0.3 is 7.12 Å². The monoisotopic (exact) mass is 372 g/mol. The van der Waals surface area contributed by atoms with E-state index in [0.29, 0.717) is 22.8 Å². The molecule has 0 bridgehead atoms. The van der Waals surface area contributed by atoms with Gasteiger partial charge in [-0.15, -0.1) is 0 Å². The Bertz CT molecular complexity index is 875. The molecule has 1 aromatic carbocycles. The SMILES string of the molecule is CC1(C)OB(c2cccc(-c3cc4n(n3)CCCC4=O)c2Cl)OC1(C)C. The third-order valence-corrected chi connectivity index (χ3v) is 6.07. The summed E-state index contributed by atoms with van der Waals surface area (Å²) in [6.45, 7) is 8.81. The smallest absolute Gasteiger partial charge is 0.399 e. The number of hydrogen-bond acceptors (Lipinski definition) is 4. The molecule has 7 heteroatoms. The number of halogens is 1. The highest BCUT2D eigenvalue weighted by atomic mass is 35.5. The lowest BCUT2D eigenvalue weighted by Gasteiger charge is -2.32. The summed E-state index contributed by atoms with van der Waals surface area (Å²) in [4.78, 5) is 12.1. The van der Waals surface area contributed by atoms with Gasteiger partial charge in [-0.25, -0.2) is 0 Å². The molecule has 2 aliphatic rings. The van der Waals surface area contributed by atoms with E-state index in [1.165, 1.54) is 0 Å². The molecule has 2 aliphatic heterocycles. The molecule has 0 N–H and O–H groups in total. The van der Waals surface area contributed by atoms with Gasteiger partial charge in [0.1, 0.15) is 5.69 Å². The molecule has 136 valence electrons. The second-order valence-corrected chi connectivity index (χ2v) is 8.34. The number of rotatable bonds is 2. The topological polar surface area (TPSA) is 53.4 Å². The Morgan fingerprint density at radius 2 is 1.88 bits per heavy atom.